The minimum Gasteiger partial charge on any atom is -0.296 e. The zero-order valence-electron chi connectivity index (χ0n) is 13.7. The Hall–Kier alpha value is -1.40. The van der Waals surface area contributed by atoms with Crippen molar-refractivity contribution in [1.82, 2.24) is 9.21 Å². The van der Waals surface area contributed by atoms with E-state index in [-0.39, 0.29) is 0 Å². The maximum Gasteiger partial charge on any atom is 0.243 e. The van der Waals surface area contributed by atoms with Crippen LogP contribution in [-0.4, -0.2) is 43.8 Å². The van der Waals surface area contributed by atoms with E-state index in [1.165, 1.54) is 5.56 Å². The van der Waals surface area contributed by atoms with E-state index in [9.17, 15) is 8.42 Å². The smallest absolute Gasteiger partial charge is 0.243 e. The van der Waals surface area contributed by atoms with Crippen molar-refractivity contribution in [2.24, 2.45) is 0 Å². The van der Waals surface area contributed by atoms with E-state index in [0.29, 0.717) is 18.0 Å². The van der Waals surface area contributed by atoms with Crippen LogP contribution >= 0.6 is 11.6 Å². The first-order valence-corrected chi connectivity index (χ1v) is 9.81. The van der Waals surface area contributed by atoms with Crippen LogP contribution in [-0.2, 0) is 16.6 Å². The summed E-state index contributed by atoms with van der Waals surface area (Å²) < 4.78 is 27.2. The van der Waals surface area contributed by atoms with Gasteiger partial charge in [0, 0.05) is 37.7 Å². The first kappa shape index (κ1) is 17.4. The summed E-state index contributed by atoms with van der Waals surface area (Å²) in [7, 11) is -3.41. The van der Waals surface area contributed by atoms with E-state index in [0.717, 1.165) is 30.2 Å². The first-order valence-electron chi connectivity index (χ1n) is 7.99. The van der Waals surface area contributed by atoms with Gasteiger partial charge in [0.15, 0.2) is 0 Å². The molecule has 0 amide bonds. The molecule has 0 unspecified atom stereocenters. The minimum absolute atomic E-state index is 0.413. The van der Waals surface area contributed by atoms with Crippen LogP contribution in [0.25, 0.3) is 0 Å². The minimum atomic E-state index is -3.41. The van der Waals surface area contributed by atoms with Crippen molar-refractivity contribution in [3.63, 3.8) is 0 Å². The zero-order chi connectivity index (χ0) is 17.2. The number of halogens is 1. The lowest BCUT2D eigenvalue weighted by atomic mass is 10.2. The summed E-state index contributed by atoms with van der Waals surface area (Å²) in [6, 6.07) is 15.0. The lowest BCUT2D eigenvalue weighted by molar-refractivity contribution is 0.181. The Balaban J connectivity index is 1.64. The van der Waals surface area contributed by atoms with E-state index < -0.39 is 10.0 Å². The number of sulfonamides is 1. The Morgan fingerprint density at radius 2 is 1.58 bits per heavy atom. The fraction of sp³-hybridized carbons (Fsp3) is 0.333. The van der Waals surface area contributed by atoms with Gasteiger partial charge in [-0.25, -0.2) is 8.42 Å². The van der Waals surface area contributed by atoms with Gasteiger partial charge in [-0.15, -0.1) is 0 Å². The highest BCUT2D eigenvalue weighted by Crippen LogP contribution is 2.21. The molecule has 0 atom stereocenters. The van der Waals surface area contributed by atoms with Crippen LogP contribution in [0.2, 0.25) is 5.02 Å². The average Bonchev–Trinajstić information content (AvgIpc) is 2.58. The molecule has 2 aromatic carbocycles. The third kappa shape index (κ3) is 3.81. The Bertz CT molecular complexity index is 798. The molecule has 1 aliphatic heterocycles. The van der Waals surface area contributed by atoms with Gasteiger partial charge in [0.1, 0.15) is 0 Å². The van der Waals surface area contributed by atoms with Gasteiger partial charge in [-0.1, -0.05) is 41.9 Å². The summed E-state index contributed by atoms with van der Waals surface area (Å²) in [6.45, 7) is 5.15. The predicted molar refractivity (Wildman–Crippen MR) is 96.7 cm³/mol. The number of piperazine rings is 1. The fourth-order valence-electron chi connectivity index (χ4n) is 2.96. The topological polar surface area (TPSA) is 40.6 Å². The Labute approximate surface area is 148 Å². The van der Waals surface area contributed by atoms with Crippen molar-refractivity contribution >= 4 is 21.6 Å². The van der Waals surface area contributed by atoms with E-state index >= 15 is 0 Å². The molecule has 0 aromatic heterocycles. The molecule has 6 heteroatoms. The van der Waals surface area contributed by atoms with Crippen LogP contribution in [0.15, 0.2) is 53.4 Å². The summed E-state index contributed by atoms with van der Waals surface area (Å²) in [5.41, 5.74) is 1.98. The van der Waals surface area contributed by atoms with Crippen LogP contribution in [0.1, 0.15) is 11.1 Å². The molecule has 1 aliphatic rings. The van der Waals surface area contributed by atoms with Crippen LogP contribution in [0.3, 0.4) is 0 Å². The van der Waals surface area contributed by atoms with Gasteiger partial charge < -0.3 is 0 Å². The van der Waals surface area contributed by atoms with Gasteiger partial charge in [-0.2, -0.15) is 4.31 Å². The number of hydrogen-bond donors (Lipinski definition) is 0. The molecular weight excluding hydrogens is 344 g/mol. The van der Waals surface area contributed by atoms with Gasteiger partial charge in [-0.3, -0.25) is 4.90 Å². The van der Waals surface area contributed by atoms with Crippen LogP contribution < -0.4 is 0 Å². The van der Waals surface area contributed by atoms with Gasteiger partial charge in [-0.05, 0) is 36.2 Å². The molecule has 1 heterocycles. The third-order valence-corrected chi connectivity index (χ3v) is 6.67. The van der Waals surface area contributed by atoms with Crippen molar-refractivity contribution in [3.8, 4) is 0 Å². The number of aryl methyl sites for hydroxylation is 1. The van der Waals surface area contributed by atoms with Crippen LogP contribution in [0.5, 0.6) is 0 Å². The van der Waals surface area contributed by atoms with Crippen molar-refractivity contribution in [2.45, 2.75) is 18.4 Å². The molecule has 4 nitrogen and oxygen atoms in total. The largest absolute Gasteiger partial charge is 0.296 e. The van der Waals surface area contributed by atoms with Crippen molar-refractivity contribution in [2.75, 3.05) is 26.2 Å². The number of nitrogens with zero attached hydrogens (tertiary/aromatic N) is 2. The van der Waals surface area contributed by atoms with E-state index in [4.69, 9.17) is 11.6 Å². The normalized spacial score (nSPS) is 17.1. The van der Waals surface area contributed by atoms with Crippen LogP contribution in [0.4, 0.5) is 0 Å². The van der Waals surface area contributed by atoms with Crippen molar-refractivity contribution < 1.29 is 8.42 Å². The first-order chi connectivity index (χ1) is 11.5. The molecule has 0 N–H and O–H groups in total. The second-order valence-electron chi connectivity index (χ2n) is 6.07. The molecule has 1 saturated heterocycles. The number of benzene rings is 2. The lowest BCUT2D eigenvalue weighted by Crippen LogP contribution is -2.48. The predicted octanol–water partition coefficient (Wildman–Crippen LogP) is 3.15. The van der Waals surface area contributed by atoms with E-state index in [1.54, 1.807) is 16.4 Å². The lowest BCUT2D eigenvalue weighted by Gasteiger charge is -2.34. The van der Waals surface area contributed by atoms with Gasteiger partial charge in [0.2, 0.25) is 10.0 Å². The Morgan fingerprint density at radius 1 is 0.958 bits per heavy atom. The SMILES string of the molecule is Cc1ccccc1S(=O)(=O)N1CCN(Cc2ccc(Cl)cc2)CC1. The summed E-state index contributed by atoms with van der Waals surface area (Å²) in [6.07, 6.45) is 0. The van der Waals surface area contributed by atoms with Gasteiger partial charge in [0.25, 0.3) is 0 Å². The van der Waals surface area contributed by atoms with Gasteiger partial charge >= 0.3 is 0 Å². The molecule has 3 rings (SSSR count). The molecule has 0 aliphatic carbocycles. The molecule has 2 aromatic rings. The number of hydrogen-bond acceptors (Lipinski definition) is 3. The second kappa shape index (κ2) is 7.23. The zero-order valence-corrected chi connectivity index (χ0v) is 15.2. The van der Waals surface area contributed by atoms with Crippen molar-refractivity contribution in [1.29, 1.82) is 0 Å². The van der Waals surface area contributed by atoms with Crippen molar-refractivity contribution in [3.05, 3.63) is 64.7 Å². The quantitative estimate of drug-likeness (QED) is 0.836. The molecule has 1 fully saturated rings. The molecule has 0 radical (unpaired) electrons. The van der Waals surface area contributed by atoms with E-state index in [2.05, 4.69) is 4.90 Å². The third-order valence-electron chi connectivity index (χ3n) is 4.36. The highest BCUT2D eigenvalue weighted by molar-refractivity contribution is 7.89. The molecule has 128 valence electrons. The molecule has 0 bridgehead atoms. The number of rotatable bonds is 4. The molecular formula is C18H21ClN2O2S. The summed E-state index contributed by atoms with van der Waals surface area (Å²) in [5.74, 6) is 0. The monoisotopic (exact) mass is 364 g/mol. The Kier molecular flexibility index (Phi) is 5.25. The summed E-state index contributed by atoms with van der Waals surface area (Å²) in [4.78, 5) is 2.68. The maximum atomic E-state index is 12.8. The van der Waals surface area contributed by atoms with E-state index in [1.807, 2.05) is 43.3 Å². The van der Waals surface area contributed by atoms with Crippen LogP contribution in [0, 0.1) is 6.92 Å². The molecule has 0 spiro atoms. The molecule has 24 heavy (non-hydrogen) atoms. The summed E-state index contributed by atoms with van der Waals surface area (Å²) in [5, 5.41) is 0.730. The standard InChI is InChI=1S/C18H21ClN2O2S/c1-15-4-2-3-5-18(15)24(22,23)21-12-10-20(11-13-21)14-16-6-8-17(19)9-7-16/h2-9H,10-14H2,1H3. The highest BCUT2D eigenvalue weighted by atomic mass is 35.5. The fourth-order valence-corrected chi connectivity index (χ4v) is 4.73. The highest BCUT2D eigenvalue weighted by Gasteiger charge is 2.29. The van der Waals surface area contributed by atoms with Gasteiger partial charge in [0.05, 0.1) is 4.90 Å². The summed E-state index contributed by atoms with van der Waals surface area (Å²) >= 11 is 5.91. The Morgan fingerprint density at radius 3 is 2.21 bits per heavy atom. The molecule has 0 saturated carbocycles. The maximum absolute atomic E-state index is 12.8. The second-order valence-corrected chi connectivity index (χ2v) is 8.41. The average molecular weight is 365 g/mol.